The van der Waals surface area contributed by atoms with Crippen molar-refractivity contribution >= 4 is 29.1 Å². The van der Waals surface area contributed by atoms with Crippen molar-refractivity contribution in [2.75, 3.05) is 7.05 Å². The highest BCUT2D eigenvalue weighted by Gasteiger charge is 2.24. The molecule has 3 nitrogen and oxygen atoms in total. The summed E-state index contributed by atoms with van der Waals surface area (Å²) in [5.74, 6) is 0.00636. The van der Waals surface area contributed by atoms with Crippen molar-refractivity contribution < 1.29 is 4.79 Å². The van der Waals surface area contributed by atoms with Crippen LogP contribution in [-0.2, 0) is 7.05 Å². The van der Waals surface area contributed by atoms with Crippen LogP contribution >= 0.6 is 23.2 Å². The van der Waals surface area contributed by atoms with E-state index >= 15 is 0 Å². The molecule has 0 unspecified atom stereocenters. The molecular formula is C15H22Cl2N2O. The van der Waals surface area contributed by atoms with E-state index in [0.717, 1.165) is 12.8 Å². The second-order valence-corrected chi connectivity index (χ2v) is 6.41. The van der Waals surface area contributed by atoms with Gasteiger partial charge in [0.25, 0.3) is 5.91 Å². The van der Waals surface area contributed by atoms with E-state index in [1.807, 2.05) is 11.9 Å². The van der Waals surface area contributed by atoms with Gasteiger partial charge in [-0.05, 0) is 18.9 Å². The van der Waals surface area contributed by atoms with Crippen LogP contribution in [0.5, 0.6) is 0 Å². The second kappa shape index (κ2) is 6.86. The molecule has 1 aliphatic rings. The Labute approximate surface area is 130 Å². The molecule has 5 heteroatoms. The van der Waals surface area contributed by atoms with Gasteiger partial charge in [0.2, 0.25) is 0 Å². The smallest absolute Gasteiger partial charge is 0.270 e. The quantitative estimate of drug-likeness (QED) is 0.787. The average Bonchev–Trinajstić information content (AvgIpc) is 2.65. The summed E-state index contributed by atoms with van der Waals surface area (Å²) in [7, 11) is 3.66. The Morgan fingerprint density at radius 1 is 1.20 bits per heavy atom. The molecule has 1 fully saturated rings. The number of aromatic nitrogens is 1. The van der Waals surface area contributed by atoms with Crippen LogP contribution in [0.25, 0.3) is 0 Å². The first-order valence-corrected chi connectivity index (χ1v) is 8.06. The summed E-state index contributed by atoms with van der Waals surface area (Å²) in [6, 6.07) is 1.99. The predicted molar refractivity (Wildman–Crippen MR) is 83.6 cm³/mol. The Morgan fingerprint density at radius 2 is 1.75 bits per heavy atom. The van der Waals surface area contributed by atoms with Crippen molar-refractivity contribution in [3.05, 3.63) is 21.9 Å². The van der Waals surface area contributed by atoms with Gasteiger partial charge < -0.3 is 9.47 Å². The van der Waals surface area contributed by atoms with Gasteiger partial charge in [0.15, 0.2) is 0 Å². The number of amides is 1. The standard InChI is InChI=1S/C15H22Cl2N2O/c1-18(11-8-6-4-3-5-7-9-11)15(20)13-10-12(16)14(17)19(13)2/h10-11H,3-9H2,1-2H3. The lowest BCUT2D eigenvalue weighted by Gasteiger charge is -2.29. The van der Waals surface area contributed by atoms with Gasteiger partial charge in [-0.1, -0.05) is 55.3 Å². The molecule has 1 heterocycles. The average molecular weight is 317 g/mol. The van der Waals surface area contributed by atoms with Gasteiger partial charge in [0, 0.05) is 20.1 Å². The van der Waals surface area contributed by atoms with Crippen molar-refractivity contribution in [1.29, 1.82) is 0 Å². The van der Waals surface area contributed by atoms with Gasteiger partial charge in [0.05, 0.1) is 5.02 Å². The van der Waals surface area contributed by atoms with Crippen molar-refractivity contribution in [3.8, 4) is 0 Å². The van der Waals surface area contributed by atoms with Crippen LogP contribution in [0.2, 0.25) is 10.2 Å². The van der Waals surface area contributed by atoms with E-state index in [0.29, 0.717) is 21.9 Å². The Kier molecular flexibility index (Phi) is 5.39. The number of nitrogens with zero attached hydrogens (tertiary/aromatic N) is 2. The molecule has 0 aliphatic heterocycles. The summed E-state index contributed by atoms with van der Waals surface area (Å²) in [4.78, 5) is 14.5. The normalized spacial score (nSPS) is 17.6. The van der Waals surface area contributed by atoms with Crippen LogP contribution < -0.4 is 0 Å². The summed E-state index contributed by atoms with van der Waals surface area (Å²) < 4.78 is 1.66. The lowest BCUT2D eigenvalue weighted by atomic mass is 9.95. The molecular weight excluding hydrogens is 295 g/mol. The minimum Gasteiger partial charge on any atom is -0.337 e. The van der Waals surface area contributed by atoms with Gasteiger partial charge in [-0.2, -0.15) is 0 Å². The van der Waals surface area contributed by atoms with Crippen molar-refractivity contribution in [2.24, 2.45) is 7.05 Å². The maximum atomic E-state index is 12.6. The van der Waals surface area contributed by atoms with Crippen LogP contribution in [0, 0.1) is 0 Å². The third kappa shape index (κ3) is 3.32. The largest absolute Gasteiger partial charge is 0.337 e. The fraction of sp³-hybridized carbons (Fsp3) is 0.667. The van der Waals surface area contributed by atoms with Crippen molar-refractivity contribution in [2.45, 2.75) is 51.0 Å². The van der Waals surface area contributed by atoms with Crippen molar-refractivity contribution in [1.82, 2.24) is 9.47 Å². The van der Waals surface area contributed by atoms with Crippen LogP contribution in [0.1, 0.15) is 55.4 Å². The Bertz CT molecular complexity index is 476. The summed E-state index contributed by atoms with van der Waals surface area (Å²) in [6.07, 6.45) is 8.48. The molecule has 1 amide bonds. The highest BCUT2D eigenvalue weighted by molar-refractivity contribution is 6.41. The van der Waals surface area contributed by atoms with E-state index in [1.165, 1.54) is 32.1 Å². The van der Waals surface area contributed by atoms with E-state index in [9.17, 15) is 4.79 Å². The molecule has 0 spiro atoms. The maximum Gasteiger partial charge on any atom is 0.270 e. The molecule has 1 aromatic rings. The number of rotatable bonds is 2. The number of carbonyl (C=O) groups is 1. The fourth-order valence-corrected chi connectivity index (χ4v) is 3.29. The lowest BCUT2D eigenvalue weighted by molar-refractivity contribution is 0.0697. The molecule has 2 rings (SSSR count). The summed E-state index contributed by atoms with van der Waals surface area (Å²) in [6.45, 7) is 0. The monoisotopic (exact) mass is 316 g/mol. The molecule has 0 bridgehead atoms. The first-order chi connectivity index (χ1) is 9.52. The van der Waals surface area contributed by atoms with E-state index in [1.54, 1.807) is 17.7 Å². The first-order valence-electron chi connectivity index (χ1n) is 7.30. The Balaban J connectivity index is 2.12. The maximum absolute atomic E-state index is 12.6. The lowest BCUT2D eigenvalue weighted by Crippen LogP contribution is -2.38. The van der Waals surface area contributed by atoms with Gasteiger partial charge >= 0.3 is 0 Å². The summed E-state index contributed by atoms with van der Waals surface area (Å²) in [5, 5.41) is 0.852. The van der Waals surface area contributed by atoms with E-state index in [4.69, 9.17) is 23.2 Å². The second-order valence-electron chi connectivity index (χ2n) is 5.64. The molecule has 20 heavy (non-hydrogen) atoms. The van der Waals surface area contributed by atoms with Gasteiger partial charge in [-0.15, -0.1) is 0 Å². The number of halogens is 2. The fourth-order valence-electron chi connectivity index (χ4n) is 2.92. The number of hydrogen-bond acceptors (Lipinski definition) is 1. The third-order valence-corrected chi connectivity index (χ3v) is 5.12. The Morgan fingerprint density at radius 3 is 2.25 bits per heavy atom. The minimum absolute atomic E-state index is 0.00636. The highest BCUT2D eigenvalue weighted by Crippen LogP contribution is 2.27. The SMILES string of the molecule is CN(C(=O)c1cc(Cl)c(Cl)n1C)C1CCCCCCC1. The molecule has 1 saturated carbocycles. The molecule has 0 radical (unpaired) electrons. The van der Waals surface area contributed by atoms with Crippen LogP contribution in [-0.4, -0.2) is 28.5 Å². The summed E-state index contributed by atoms with van der Waals surface area (Å²) >= 11 is 12.0. The summed E-state index contributed by atoms with van der Waals surface area (Å²) in [5.41, 5.74) is 0.560. The van der Waals surface area contributed by atoms with E-state index in [2.05, 4.69) is 0 Å². The molecule has 0 saturated heterocycles. The van der Waals surface area contributed by atoms with Gasteiger partial charge in [-0.3, -0.25) is 4.79 Å². The molecule has 112 valence electrons. The highest BCUT2D eigenvalue weighted by atomic mass is 35.5. The zero-order chi connectivity index (χ0) is 14.7. The van der Waals surface area contributed by atoms with E-state index < -0.39 is 0 Å². The molecule has 0 N–H and O–H groups in total. The van der Waals surface area contributed by atoms with Gasteiger partial charge in [-0.25, -0.2) is 0 Å². The molecule has 1 aromatic heterocycles. The minimum atomic E-state index is 0.00636. The van der Waals surface area contributed by atoms with Crippen LogP contribution in [0.3, 0.4) is 0 Å². The van der Waals surface area contributed by atoms with Crippen molar-refractivity contribution in [3.63, 3.8) is 0 Å². The van der Waals surface area contributed by atoms with E-state index in [-0.39, 0.29) is 5.91 Å². The zero-order valence-electron chi connectivity index (χ0n) is 12.2. The third-order valence-electron chi connectivity index (χ3n) is 4.28. The zero-order valence-corrected chi connectivity index (χ0v) is 13.7. The molecule has 1 aliphatic carbocycles. The number of hydrogen-bond donors (Lipinski definition) is 0. The Hall–Kier alpha value is -0.670. The molecule has 0 atom stereocenters. The van der Waals surface area contributed by atoms with Gasteiger partial charge in [0.1, 0.15) is 10.8 Å². The van der Waals surface area contributed by atoms with Crippen LogP contribution in [0.4, 0.5) is 0 Å². The predicted octanol–water partition coefficient (Wildman–Crippen LogP) is 4.52. The number of carbonyl (C=O) groups excluding carboxylic acids is 1. The van der Waals surface area contributed by atoms with Crippen LogP contribution in [0.15, 0.2) is 6.07 Å². The molecule has 0 aromatic carbocycles. The topological polar surface area (TPSA) is 25.2 Å². The first kappa shape index (κ1) is 15.7.